The quantitative estimate of drug-likeness (QED) is 0.485. The molecule has 4 atom stereocenters. The number of hydrogen-bond donors (Lipinski definition) is 3. The van der Waals surface area contributed by atoms with Crippen LogP contribution in [-0.2, 0) is 14.3 Å². The van der Waals surface area contributed by atoms with Gasteiger partial charge in [-0.1, -0.05) is 75.2 Å². The van der Waals surface area contributed by atoms with Crippen LogP contribution in [0.1, 0.15) is 63.0 Å². The minimum absolute atomic E-state index is 0.0650. The number of rotatable bonds is 9. The molecule has 1 saturated carbocycles. The van der Waals surface area contributed by atoms with E-state index < -0.39 is 30.1 Å². The van der Waals surface area contributed by atoms with Gasteiger partial charge in [-0.05, 0) is 47.4 Å². The topological polar surface area (TPSA) is 105 Å². The second-order valence-corrected chi connectivity index (χ2v) is 9.76. The van der Waals surface area contributed by atoms with Crippen LogP contribution in [-0.4, -0.2) is 41.8 Å². The van der Waals surface area contributed by atoms with E-state index in [4.69, 9.17) is 4.74 Å². The van der Waals surface area contributed by atoms with Crippen molar-refractivity contribution in [3.8, 4) is 11.1 Å². The summed E-state index contributed by atoms with van der Waals surface area (Å²) in [5, 5.41) is 15.1. The molecular formula is C28H34N2O5. The van der Waals surface area contributed by atoms with E-state index >= 15 is 0 Å². The molecule has 1 fully saturated rings. The highest BCUT2D eigenvalue weighted by Gasteiger charge is 2.36. The maximum absolute atomic E-state index is 13.1. The fraction of sp³-hybridized carbons (Fsp3) is 0.464. The number of fused-ring (bicyclic) bond motifs is 3. The summed E-state index contributed by atoms with van der Waals surface area (Å²) in [6.07, 6.45) is 2.61. The van der Waals surface area contributed by atoms with E-state index in [1.54, 1.807) is 0 Å². The van der Waals surface area contributed by atoms with Crippen molar-refractivity contribution in [2.24, 2.45) is 11.8 Å². The number of hydrogen-bond acceptors (Lipinski definition) is 4. The summed E-state index contributed by atoms with van der Waals surface area (Å²) in [6, 6.07) is 15.0. The van der Waals surface area contributed by atoms with Crippen LogP contribution in [0.25, 0.3) is 11.1 Å². The first kappa shape index (κ1) is 24.8. The maximum Gasteiger partial charge on any atom is 0.407 e. The third-order valence-corrected chi connectivity index (χ3v) is 7.45. The van der Waals surface area contributed by atoms with E-state index in [0.29, 0.717) is 19.3 Å². The molecule has 0 bridgehead atoms. The molecule has 3 N–H and O–H groups in total. The molecule has 2 aliphatic carbocycles. The van der Waals surface area contributed by atoms with Crippen LogP contribution in [0.15, 0.2) is 48.5 Å². The lowest BCUT2D eigenvalue weighted by Gasteiger charge is -2.25. The van der Waals surface area contributed by atoms with Crippen LogP contribution < -0.4 is 10.6 Å². The average molecular weight is 479 g/mol. The highest BCUT2D eigenvalue weighted by molar-refractivity contribution is 5.86. The number of nitrogens with one attached hydrogen (secondary N) is 2. The predicted molar refractivity (Wildman–Crippen MR) is 133 cm³/mol. The standard InChI is InChI=1S/C28H34N2O5/c1-3-17(2)15-25(26(31)29-24-14-8-13-22(24)27(32)33)30-28(34)35-16-23-20-11-6-4-9-18(20)19-10-5-7-12-21(19)23/h4-7,9-12,17,22-25H,3,8,13-16H2,1-2H3,(H,29,31)(H,30,34)(H,32,33)/t17?,22-,24+,25?/m0/s1. The summed E-state index contributed by atoms with van der Waals surface area (Å²) in [4.78, 5) is 37.4. The molecule has 0 saturated heterocycles. The van der Waals surface area contributed by atoms with Gasteiger partial charge in [-0.15, -0.1) is 0 Å². The summed E-state index contributed by atoms with van der Waals surface area (Å²) >= 11 is 0. The Morgan fingerprint density at radius 3 is 2.26 bits per heavy atom. The number of carboxylic acids is 1. The highest BCUT2D eigenvalue weighted by Crippen LogP contribution is 2.44. The lowest BCUT2D eigenvalue weighted by atomic mass is 9.97. The van der Waals surface area contributed by atoms with Crippen molar-refractivity contribution < 1.29 is 24.2 Å². The lowest BCUT2D eigenvalue weighted by molar-refractivity contribution is -0.142. The van der Waals surface area contributed by atoms with Gasteiger partial charge in [0.15, 0.2) is 0 Å². The Hall–Kier alpha value is -3.35. The van der Waals surface area contributed by atoms with E-state index in [1.165, 1.54) is 0 Å². The summed E-state index contributed by atoms with van der Waals surface area (Å²) in [6.45, 7) is 4.22. The van der Waals surface area contributed by atoms with Gasteiger partial charge in [0, 0.05) is 12.0 Å². The van der Waals surface area contributed by atoms with Gasteiger partial charge in [0.25, 0.3) is 0 Å². The van der Waals surface area contributed by atoms with Gasteiger partial charge in [-0.2, -0.15) is 0 Å². The molecule has 7 heteroatoms. The second-order valence-electron chi connectivity index (χ2n) is 9.76. The SMILES string of the molecule is CCC(C)CC(NC(=O)OCC1c2ccccc2-c2ccccc21)C(=O)N[C@@H]1CCC[C@@H]1C(=O)O. The molecule has 2 aromatic rings. The first-order valence-corrected chi connectivity index (χ1v) is 12.5. The number of carboxylic acid groups (broad SMARTS) is 1. The van der Waals surface area contributed by atoms with Gasteiger partial charge >= 0.3 is 12.1 Å². The Balaban J connectivity index is 1.41. The first-order valence-electron chi connectivity index (χ1n) is 12.5. The summed E-state index contributed by atoms with van der Waals surface area (Å²) < 4.78 is 5.64. The molecule has 7 nitrogen and oxygen atoms in total. The molecule has 2 aliphatic rings. The van der Waals surface area contributed by atoms with Gasteiger partial charge < -0.3 is 20.5 Å². The fourth-order valence-corrected chi connectivity index (χ4v) is 5.29. The number of alkyl carbamates (subject to hydrolysis) is 1. The number of carbonyl (C=O) groups excluding carboxylic acids is 2. The van der Waals surface area contributed by atoms with E-state index in [1.807, 2.05) is 38.1 Å². The molecule has 0 aliphatic heterocycles. The van der Waals surface area contributed by atoms with E-state index in [0.717, 1.165) is 35.1 Å². The third-order valence-electron chi connectivity index (χ3n) is 7.45. The Morgan fingerprint density at radius 2 is 1.66 bits per heavy atom. The lowest BCUT2D eigenvalue weighted by Crippen LogP contribution is -2.51. The van der Waals surface area contributed by atoms with Crippen LogP contribution in [0, 0.1) is 11.8 Å². The zero-order valence-corrected chi connectivity index (χ0v) is 20.3. The van der Waals surface area contributed by atoms with Gasteiger partial charge in [0.2, 0.25) is 5.91 Å². The second kappa shape index (κ2) is 10.9. The molecule has 2 unspecified atom stereocenters. The predicted octanol–water partition coefficient (Wildman–Crippen LogP) is 4.70. The molecule has 35 heavy (non-hydrogen) atoms. The van der Waals surface area contributed by atoms with Crippen molar-refractivity contribution in [3.63, 3.8) is 0 Å². The molecule has 0 radical (unpaired) electrons. The number of amides is 2. The number of benzene rings is 2. The molecule has 186 valence electrons. The average Bonchev–Trinajstić information content (AvgIpc) is 3.45. The van der Waals surface area contributed by atoms with Gasteiger partial charge in [0.1, 0.15) is 12.6 Å². The number of carbonyl (C=O) groups is 3. The van der Waals surface area contributed by atoms with E-state index in [-0.39, 0.29) is 24.3 Å². The van der Waals surface area contributed by atoms with Crippen LogP contribution in [0.3, 0.4) is 0 Å². The molecule has 0 heterocycles. The van der Waals surface area contributed by atoms with Gasteiger partial charge in [0.05, 0.1) is 5.92 Å². The largest absolute Gasteiger partial charge is 0.481 e. The first-order chi connectivity index (χ1) is 16.9. The van der Waals surface area contributed by atoms with Crippen LogP contribution in [0.2, 0.25) is 0 Å². The Morgan fingerprint density at radius 1 is 1.03 bits per heavy atom. The van der Waals surface area contributed by atoms with Crippen LogP contribution in [0.5, 0.6) is 0 Å². The molecule has 2 aromatic carbocycles. The molecule has 0 aromatic heterocycles. The monoisotopic (exact) mass is 478 g/mol. The maximum atomic E-state index is 13.1. The normalized spacial score (nSPS) is 20.4. The van der Waals surface area contributed by atoms with Crippen LogP contribution >= 0.6 is 0 Å². The zero-order valence-electron chi connectivity index (χ0n) is 20.3. The number of aliphatic carboxylic acids is 1. The molecular weight excluding hydrogens is 444 g/mol. The van der Waals surface area contributed by atoms with Crippen molar-refractivity contribution >= 4 is 18.0 Å². The van der Waals surface area contributed by atoms with Crippen molar-refractivity contribution in [2.75, 3.05) is 6.61 Å². The minimum Gasteiger partial charge on any atom is -0.481 e. The molecule has 4 rings (SSSR count). The Labute approximate surface area is 206 Å². The summed E-state index contributed by atoms with van der Waals surface area (Å²) in [5.74, 6) is -1.69. The Kier molecular flexibility index (Phi) is 7.73. The fourth-order valence-electron chi connectivity index (χ4n) is 5.29. The summed E-state index contributed by atoms with van der Waals surface area (Å²) in [7, 11) is 0. The number of ether oxygens (including phenoxy) is 1. The van der Waals surface area contributed by atoms with Crippen molar-refractivity contribution in [2.45, 2.75) is 64.0 Å². The van der Waals surface area contributed by atoms with Gasteiger partial charge in [-0.3, -0.25) is 9.59 Å². The smallest absolute Gasteiger partial charge is 0.407 e. The summed E-state index contributed by atoms with van der Waals surface area (Å²) in [5.41, 5.74) is 4.54. The molecule has 2 amide bonds. The van der Waals surface area contributed by atoms with E-state index in [2.05, 4.69) is 34.9 Å². The third kappa shape index (κ3) is 5.50. The minimum atomic E-state index is -0.893. The zero-order chi connectivity index (χ0) is 24.9. The van der Waals surface area contributed by atoms with Crippen molar-refractivity contribution in [1.29, 1.82) is 0 Å². The molecule has 0 spiro atoms. The van der Waals surface area contributed by atoms with E-state index in [9.17, 15) is 19.5 Å². The highest BCUT2D eigenvalue weighted by atomic mass is 16.5. The van der Waals surface area contributed by atoms with Crippen molar-refractivity contribution in [3.05, 3.63) is 59.7 Å². The van der Waals surface area contributed by atoms with Crippen molar-refractivity contribution in [1.82, 2.24) is 10.6 Å². The van der Waals surface area contributed by atoms with Crippen LogP contribution in [0.4, 0.5) is 4.79 Å². The van der Waals surface area contributed by atoms with Gasteiger partial charge in [-0.25, -0.2) is 4.79 Å². The Bertz CT molecular complexity index is 1040.